The summed E-state index contributed by atoms with van der Waals surface area (Å²) >= 11 is 3.31. The summed E-state index contributed by atoms with van der Waals surface area (Å²) in [5, 5.41) is 0. The molecule has 0 radical (unpaired) electrons. The first-order chi connectivity index (χ1) is 12.0. The Morgan fingerprint density at radius 1 is 1.28 bits per heavy atom. The van der Waals surface area contributed by atoms with Crippen LogP contribution < -0.4 is 4.74 Å². The molecule has 2 heterocycles. The van der Waals surface area contributed by atoms with Gasteiger partial charge in [0.15, 0.2) is 0 Å². The predicted octanol–water partition coefficient (Wildman–Crippen LogP) is 3.76. The Hall–Kier alpha value is -1.47. The number of alkyl halides is 2. The number of halogens is 3. The number of rotatable bonds is 4. The molecule has 2 aliphatic rings. The number of carbonyl (C=O) groups is 1. The van der Waals surface area contributed by atoms with E-state index in [4.69, 9.17) is 0 Å². The molecule has 0 bridgehead atoms. The molecule has 1 atom stereocenters. The van der Waals surface area contributed by atoms with Gasteiger partial charge in [-0.25, -0.2) is 0 Å². The van der Waals surface area contributed by atoms with E-state index in [9.17, 15) is 13.6 Å². The van der Waals surface area contributed by atoms with Crippen molar-refractivity contribution in [2.45, 2.75) is 31.9 Å². The van der Waals surface area contributed by atoms with Crippen molar-refractivity contribution in [3.05, 3.63) is 34.3 Å². The minimum absolute atomic E-state index is 0.0550. The maximum Gasteiger partial charge on any atom is 0.387 e. The monoisotopic (exact) mass is 414 g/mol. The number of ether oxygens (including phenoxy) is 1. The van der Waals surface area contributed by atoms with Crippen LogP contribution in [0.25, 0.3) is 6.08 Å². The zero-order valence-corrected chi connectivity index (χ0v) is 15.4. The summed E-state index contributed by atoms with van der Waals surface area (Å²) < 4.78 is 30.3. The molecule has 1 aromatic rings. The largest absolute Gasteiger partial charge is 0.434 e. The summed E-state index contributed by atoms with van der Waals surface area (Å²) in [6.07, 6.45) is 6.56. The lowest BCUT2D eigenvalue weighted by Gasteiger charge is -2.43. The van der Waals surface area contributed by atoms with E-state index in [-0.39, 0.29) is 11.7 Å². The van der Waals surface area contributed by atoms with Crippen LogP contribution >= 0.6 is 15.9 Å². The number of fused-ring (bicyclic) bond motifs is 1. The van der Waals surface area contributed by atoms with Crippen molar-refractivity contribution in [2.75, 3.05) is 26.2 Å². The lowest BCUT2D eigenvalue weighted by Crippen LogP contribution is -2.55. The zero-order chi connectivity index (χ0) is 17.8. The maximum absolute atomic E-state index is 12.5. The predicted molar refractivity (Wildman–Crippen MR) is 95.6 cm³/mol. The summed E-state index contributed by atoms with van der Waals surface area (Å²) in [6, 6.07) is 5.18. The van der Waals surface area contributed by atoms with Gasteiger partial charge in [-0.05, 0) is 43.7 Å². The second-order valence-corrected chi connectivity index (χ2v) is 7.28. The lowest BCUT2D eigenvalue weighted by molar-refractivity contribution is -0.129. The fourth-order valence-electron chi connectivity index (χ4n) is 3.48. The second kappa shape index (κ2) is 8.27. The number of benzene rings is 1. The van der Waals surface area contributed by atoms with Crippen LogP contribution in [0.15, 0.2) is 28.7 Å². The van der Waals surface area contributed by atoms with Crippen LogP contribution in [0.5, 0.6) is 5.75 Å². The van der Waals surface area contributed by atoms with Crippen molar-refractivity contribution < 1.29 is 18.3 Å². The van der Waals surface area contributed by atoms with Gasteiger partial charge in [0.25, 0.3) is 0 Å². The first-order valence-corrected chi connectivity index (χ1v) is 9.27. The van der Waals surface area contributed by atoms with E-state index in [1.807, 2.05) is 4.90 Å². The molecule has 2 fully saturated rings. The molecule has 0 saturated carbocycles. The Balaban J connectivity index is 1.67. The van der Waals surface area contributed by atoms with E-state index in [0.29, 0.717) is 18.2 Å². The molecular formula is C18H21BrF2N2O2. The molecule has 3 rings (SSSR count). The highest BCUT2D eigenvalue weighted by Crippen LogP contribution is 2.26. The van der Waals surface area contributed by atoms with Crippen molar-refractivity contribution in [3.8, 4) is 5.75 Å². The smallest absolute Gasteiger partial charge is 0.387 e. The zero-order valence-electron chi connectivity index (χ0n) is 13.8. The molecule has 25 heavy (non-hydrogen) atoms. The van der Waals surface area contributed by atoms with Crippen molar-refractivity contribution in [1.82, 2.24) is 9.80 Å². The first kappa shape index (κ1) is 18.3. The fourth-order valence-corrected chi connectivity index (χ4v) is 3.85. The van der Waals surface area contributed by atoms with Gasteiger partial charge in [0.1, 0.15) is 5.75 Å². The third kappa shape index (κ3) is 4.79. The van der Waals surface area contributed by atoms with Gasteiger partial charge < -0.3 is 9.64 Å². The van der Waals surface area contributed by atoms with Crippen LogP contribution in [0.3, 0.4) is 0 Å². The SMILES string of the molecule is O=C(/C=C/c1cc(Br)ccc1OC(F)F)N1CCN2CCCCC2C1. The molecule has 7 heteroatoms. The number of nitrogens with zero attached hydrogens (tertiary/aromatic N) is 2. The van der Waals surface area contributed by atoms with Gasteiger partial charge in [0.2, 0.25) is 5.91 Å². The summed E-state index contributed by atoms with van der Waals surface area (Å²) in [5.74, 6) is -0.0347. The molecule has 0 N–H and O–H groups in total. The number of piperidine rings is 1. The molecule has 1 aromatic carbocycles. The van der Waals surface area contributed by atoms with Gasteiger partial charge in [0, 0.05) is 41.8 Å². The van der Waals surface area contributed by atoms with Crippen LogP contribution in [0.4, 0.5) is 8.78 Å². The average molecular weight is 415 g/mol. The first-order valence-electron chi connectivity index (χ1n) is 8.48. The van der Waals surface area contributed by atoms with Crippen LogP contribution in [0, 0.1) is 0 Å². The van der Waals surface area contributed by atoms with Gasteiger partial charge >= 0.3 is 6.61 Å². The molecule has 0 aliphatic carbocycles. The lowest BCUT2D eigenvalue weighted by atomic mass is 9.99. The number of amides is 1. The quantitative estimate of drug-likeness (QED) is 0.703. The summed E-state index contributed by atoms with van der Waals surface area (Å²) in [7, 11) is 0. The minimum Gasteiger partial charge on any atom is -0.434 e. The van der Waals surface area contributed by atoms with Gasteiger partial charge in [-0.3, -0.25) is 9.69 Å². The average Bonchev–Trinajstić information content (AvgIpc) is 2.60. The molecule has 2 aliphatic heterocycles. The molecule has 0 aromatic heterocycles. The molecule has 4 nitrogen and oxygen atoms in total. The van der Waals surface area contributed by atoms with Crippen LogP contribution in [0.2, 0.25) is 0 Å². The highest BCUT2D eigenvalue weighted by Gasteiger charge is 2.30. The van der Waals surface area contributed by atoms with Crippen molar-refractivity contribution in [1.29, 1.82) is 0 Å². The van der Waals surface area contributed by atoms with Crippen LogP contribution in [0.1, 0.15) is 24.8 Å². The molecule has 136 valence electrons. The number of piperazine rings is 1. The van der Waals surface area contributed by atoms with Crippen LogP contribution in [-0.2, 0) is 4.79 Å². The van der Waals surface area contributed by atoms with Crippen molar-refractivity contribution >= 4 is 27.9 Å². The normalized spacial score (nSPS) is 21.6. The Bertz CT molecular complexity index is 654. The van der Waals surface area contributed by atoms with E-state index in [1.165, 1.54) is 31.1 Å². The summed E-state index contributed by atoms with van der Waals surface area (Å²) in [6.45, 7) is 0.569. The molecule has 1 amide bonds. The van der Waals surface area contributed by atoms with Gasteiger partial charge in [-0.1, -0.05) is 22.4 Å². The van der Waals surface area contributed by atoms with E-state index in [2.05, 4.69) is 25.6 Å². The van der Waals surface area contributed by atoms with Crippen molar-refractivity contribution in [2.24, 2.45) is 0 Å². The third-order valence-electron chi connectivity index (χ3n) is 4.74. The highest BCUT2D eigenvalue weighted by molar-refractivity contribution is 9.10. The standard InChI is InChI=1S/C18H21BrF2N2O2/c19-14-5-6-16(25-18(20)21)13(11-14)4-7-17(24)23-10-9-22-8-2-1-3-15(22)12-23/h4-7,11,15,18H,1-3,8-10,12H2/b7-4+. The van der Waals surface area contributed by atoms with Gasteiger partial charge in [-0.2, -0.15) is 8.78 Å². The molecule has 0 spiro atoms. The summed E-state index contributed by atoms with van der Waals surface area (Å²) in [4.78, 5) is 16.8. The Morgan fingerprint density at radius 2 is 2.12 bits per heavy atom. The van der Waals surface area contributed by atoms with E-state index < -0.39 is 6.61 Å². The molecule has 1 unspecified atom stereocenters. The topological polar surface area (TPSA) is 32.8 Å². The Kier molecular flexibility index (Phi) is 6.06. The van der Waals surface area contributed by atoms with E-state index in [0.717, 1.165) is 30.5 Å². The van der Waals surface area contributed by atoms with Gasteiger partial charge in [0.05, 0.1) is 0 Å². The fraction of sp³-hybridized carbons (Fsp3) is 0.500. The number of hydrogen-bond donors (Lipinski definition) is 0. The highest BCUT2D eigenvalue weighted by atomic mass is 79.9. The second-order valence-electron chi connectivity index (χ2n) is 6.36. The van der Waals surface area contributed by atoms with Gasteiger partial charge in [-0.15, -0.1) is 0 Å². The molecule has 2 saturated heterocycles. The maximum atomic E-state index is 12.5. The molecular weight excluding hydrogens is 394 g/mol. The van der Waals surface area contributed by atoms with Crippen LogP contribution in [-0.4, -0.2) is 54.5 Å². The minimum atomic E-state index is -2.90. The number of carbonyl (C=O) groups excluding carboxylic acids is 1. The van der Waals surface area contributed by atoms with Crippen molar-refractivity contribution in [3.63, 3.8) is 0 Å². The Labute approximate surface area is 154 Å². The number of hydrogen-bond acceptors (Lipinski definition) is 3. The van der Waals surface area contributed by atoms with E-state index in [1.54, 1.807) is 12.1 Å². The summed E-state index contributed by atoms with van der Waals surface area (Å²) in [5.41, 5.74) is 0.444. The third-order valence-corrected chi connectivity index (χ3v) is 5.24. The van der Waals surface area contributed by atoms with E-state index >= 15 is 0 Å². The Morgan fingerprint density at radius 3 is 2.92 bits per heavy atom.